The van der Waals surface area contributed by atoms with E-state index in [2.05, 4.69) is 6.58 Å². The number of unbranched alkanes of at least 4 members (excludes halogenated alkanes) is 7. The fraction of sp³-hybridized carbons (Fsp3) is 0.476. The number of hydrogen-bond acceptors (Lipinski definition) is 3. The van der Waals surface area contributed by atoms with E-state index in [0.717, 1.165) is 30.6 Å². The first-order valence-electron chi connectivity index (χ1n) is 8.86. The van der Waals surface area contributed by atoms with Crippen LogP contribution in [0.5, 0.6) is 5.75 Å². The van der Waals surface area contributed by atoms with Crippen LogP contribution in [0, 0.1) is 0 Å². The zero-order valence-electron chi connectivity index (χ0n) is 14.8. The van der Waals surface area contributed by atoms with E-state index >= 15 is 0 Å². The SMILES string of the molecule is C=CCCCCCCCCCOC(=O)/C=C/c1ccc(OC)cc1. The highest BCUT2D eigenvalue weighted by Crippen LogP contribution is 2.12. The lowest BCUT2D eigenvalue weighted by atomic mass is 10.1. The van der Waals surface area contributed by atoms with Crippen LogP contribution in [0.4, 0.5) is 0 Å². The third-order valence-corrected chi connectivity index (χ3v) is 3.82. The summed E-state index contributed by atoms with van der Waals surface area (Å²) in [7, 11) is 1.63. The topological polar surface area (TPSA) is 35.5 Å². The van der Waals surface area contributed by atoms with Gasteiger partial charge in [0, 0.05) is 6.08 Å². The van der Waals surface area contributed by atoms with Crippen molar-refractivity contribution in [2.45, 2.75) is 51.4 Å². The second-order valence-electron chi connectivity index (χ2n) is 5.83. The van der Waals surface area contributed by atoms with Crippen molar-refractivity contribution >= 4 is 12.0 Å². The summed E-state index contributed by atoms with van der Waals surface area (Å²) in [5.41, 5.74) is 0.948. The quantitative estimate of drug-likeness (QED) is 0.206. The van der Waals surface area contributed by atoms with Gasteiger partial charge in [0.25, 0.3) is 0 Å². The summed E-state index contributed by atoms with van der Waals surface area (Å²) in [5, 5.41) is 0. The lowest BCUT2D eigenvalue weighted by molar-refractivity contribution is -0.137. The molecule has 24 heavy (non-hydrogen) atoms. The maximum atomic E-state index is 11.6. The minimum atomic E-state index is -0.282. The lowest BCUT2D eigenvalue weighted by Gasteiger charge is -2.03. The summed E-state index contributed by atoms with van der Waals surface area (Å²) in [6.45, 7) is 4.23. The van der Waals surface area contributed by atoms with E-state index in [1.54, 1.807) is 13.2 Å². The van der Waals surface area contributed by atoms with Crippen LogP contribution in [0.1, 0.15) is 56.9 Å². The molecule has 0 bridgehead atoms. The van der Waals surface area contributed by atoms with Crippen molar-refractivity contribution in [3.63, 3.8) is 0 Å². The fourth-order valence-corrected chi connectivity index (χ4v) is 2.37. The van der Waals surface area contributed by atoms with Gasteiger partial charge < -0.3 is 9.47 Å². The van der Waals surface area contributed by atoms with Crippen LogP contribution in [0.2, 0.25) is 0 Å². The molecule has 0 saturated carbocycles. The molecule has 132 valence electrons. The molecule has 0 N–H and O–H groups in total. The molecule has 0 aliphatic heterocycles. The summed E-state index contributed by atoms with van der Waals surface area (Å²) >= 11 is 0. The van der Waals surface area contributed by atoms with Crippen LogP contribution >= 0.6 is 0 Å². The van der Waals surface area contributed by atoms with Crippen LogP contribution in [-0.2, 0) is 9.53 Å². The number of ether oxygens (including phenoxy) is 2. The maximum Gasteiger partial charge on any atom is 0.330 e. The third-order valence-electron chi connectivity index (χ3n) is 3.82. The van der Waals surface area contributed by atoms with Crippen LogP contribution in [0.15, 0.2) is 43.0 Å². The molecule has 1 rings (SSSR count). The summed E-state index contributed by atoms with van der Waals surface area (Å²) in [6, 6.07) is 7.53. The molecule has 0 aliphatic rings. The number of hydrogen-bond donors (Lipinski definition) is 0. The van der Waals surface area contributed by atoms with Crippen LogP contribution < -0.4 is 4.74 Å². The van der Waals surface area contributed by atoms with E-state index < -0.39 is 0 Å². The van der Waals surface area contributed by atoms with Gasteiger partial charge >= 0.3 is 5.97 Å². The van der Waals surface area contributed by atoms with Gasteiger partial charge in [-0.3, -0.25) is 0 Å². The Bertz CT molecular complexity index is 488. The summed E-state index contributed by atoms with van der Waals surface area (Å²) < 4.78 is 10.3. The van der Waals surface area contributed by atoms with Crippen molar-refractivity contribution in [3.8, 4) is 5.75 Å². The van der Waals surface area contributed by atoms with Gasteiger partial charge in [0.05, 0.1) is 13.7 Å². The molecule has 1 aromatic rings. The van der Waals surface area contributed by atoms with Gasteiger partial charge in [-0.1, -0.05) is 50.3 Å². The van der Waals surface area contributed by atoms with E-state index in [4.69, 9.17) is 9.47 Å². The van der Waals surface area contributed by atoms with E-state index in [1.165, 1.54) is 38.2 Å². The molecule has 0 amide bonds. The minimum absolute atomic E-state index is 0.282. The Morgan fingerprint density at radius 2 is 1.62 bits per heavy atom. The zero-order valence-corrected chi connectivity index (χ0v) is 14.8. The highest BCUT2D eigenvalue weighted by molar-refractivity contribution is 5.87. The van der Waals surface area contributed by atoms with Gasteiger partial charge in [-0.05, 0) is 43.0 Å². The first kappa shape index (κ1) is 20.0. The fourth-order valence-electron chi connectivity index (χ4n) is 2.37. The predicted molar refractivity (Wildman–Crippen MR) is 100 cm³/mol. The Labute approximate surface area is 146 Å². The summed E-state index contributed by atoms with van der Waals surface area (Å²) in [6.07, 6.45) is 14.7. The van der Waals surface area contributed by atoms with E-state index in [0.29, 0.717) is 6.61 Å². The predicted octanol–water partition coefficient (Wildman–Crippen LogP) is 5.56. The molecule has 3 heteroatoms. The number of benzene rings is 1. The molecule has 3 nitrogen and oxygen atoms in total. The molecule has 1 aromatic carbocycles. The molecule has 0 fully saturated rings. The third kappa shape index (κ3) is 9.88. The number of esters is 1. The Kier molecular flexibility index (Phi) is 11.2. The van der Waals surface area contributed by atoms with Crippen molar-refractivity contribution in [1.29, 1.82) is 0 Å². The van der Waals surface area contributed by atoms with Crippen LogP contribution in [0.3, 0.4) is 0 Å². The Balaban J connectivity index is 2.03. The van der Waals surface area contributed by atoms with Crippen molar-refractivity contribution < 1.29 is 14.3 Å². The minimum Gasteiger partial charge on any atom is -0.497 e. The molecule has 0 atom stereocenters. The maximum absolute atomic E-state index is 11.6. The molecule has 0 heterocycles. The number of carbonyl (C=O) groups excluding carboxylic acids is 1. The Morgan fingerprint density at radius 1 is 1.00 bits per heavy atom. The standard InChI is InChI=1S/C21H30O3/c1-3-4-5-6-7-8-9-10-11-18-24-21(22)17-14-19-12-15-20(23-2)16-13-19/h3,12-17H,1,4-11,18H2,2H3/b17-14+. The average Bonchev–Trinajstić information content (AvgIpc) is 2.62. The number of allylic oxidation sites excluding steroid dienone is 1. The van der Waals surface area contributed by atoms with E-state index in [1.807, 2.05) is 30.3 Å². The second-order valence-corrected chi connectivity index (χ2v) is 5.83. The first-order chi connectivity index (χ1) is 11.8. The van der Waals surface area contributed by atoms with Gasteiger partial charge in [0.2, 0.25) is 0 Å². The van der Waals surface area contributed by atoms with Gasteiger partial charge in [0.1, 0.15) is 5.75 Å². The molecule has 0 aromatic heterocycles. The van der Waals surface area contributed by atoms with Crippen LogP contribution in [0.25, 0.3) is 6.08 Å². The molecule has 0 radical (unpaired) electrons. The van der Waals surface area contributed by atoms with Gasteiger partial charge in [-0.15, -0.1) is 6.58 Å². The van der Waals surface area contributed by atoms with Crippen molar-refractivity contribution in [3.05, 3.63) is 48.6 Å². The smallest absolute Gasteiger partial charge is 0.330 e. The number of rotatable bonds is 13. The van der Waals surface area contributed by atoms with Crippen molar-refractivity contribution in [1.82, 2.24) is 0 Å². The molecular formula is C21H30O3. The lowest BCUT2D eigenvalue weighted by Crippen LogP contribution is -2.02. The van der Waals surface area contributed by atoms with E-state index in [-0.39, 0.29) is 5.97 Å². The normalized spacial score (nSPS) is 10.7. The second kappa shape index (κ2) is 13.4. The van der Waals surface area contributed by atoms with Crippen molar-refractivity contribution in [2.24, 2.45) is 0 Å². The van der Waals surface area contributed by atoms with Crippen molar-refractivity contribution in [2.75, 3.05) is 13.7 Å². The number of carbonyl (C=O) groups is 1. The largest absolute Gasteiger partial charge is 0.497 e. The monoisotopic (exact) mass is 330 g/mol. The molecular weight excluding hydrogens is 300 g/mol. The summed E-state index contributed by atoms with van der Waals surface area (Å²) in [4.78, 5) is 11.6. The molecule has 0 unspecified atom stereocenters. The Morgan fingerprint density at radius 3 is 2.25 bits per heavy atom. The molecule has 0 spiro atoms. The van der Waals surface area contributed by atoms with Gasteiger partial charge in [0.15, 0.2) is 0 Å². The van der Waals surface area contributed by atoms with Crippen LogP contribution in [-0.4, -0.2) is 19.7 Å². The highest BCUT2D eigenvalue weighted by Gasteiger charge is 1.98. The van der Waals surface area contributed by atoms with E-state index in [9.17, 15) is 4.79 Å². The highest BCUT2D eigenvalue weighted by atomic mass is 16.5. The zero-order chi connectivity index (χ0) is 17.5. The average molecular weight is 330 g/mol. The summed E-state index contributed by atoms with van der Waals surface area (Å²) in [5.74, 6) is 0.519. The molecule has 0 aliphatic carbocycles. The number of methoxy groups -OCH3 is 1. The van der Waals surface area contributed by atoms with Gasteiger partial charge in [-0.25, -0.2) is 4.79 Å². The Hall–Kier alpha value is -2.03. The van der Waals surface area contributed by atoms with Gasteiger partial charge in [-0.2, -0.15) is 0 Å². The first-order valence-corrected chi connectivity index (χ1v) is 8.86. The molecule has 0 saturated heterocycles.